The molecule has 0 aliphatic heterocycles. The third kappa shape index (κ3) is 3.00. The van der Waals surface area contributed by atoms with Crippen molar-refractivity contribution in [1.82, 2.24) is 4.98 Å². The number of hydrogen-bond acceptors (Lipinski definition) is 2. The minimum Gasteiger partial charge on any atom is -0.381 e. The van der Waals surface area contributed by atoms with Gasteiger partial charge in [-0.2, -0.15) is 0 Å². The second kappa shape index (κ2) is 5.92. The monoisotopic (exact) mass is 306 g/mol. The molecule has 0 saturated carbocycles. The lowest BCUT2D eigenvalue weighted by molar-refractivity contribution is 1.08. The van der Waals surface area contributed by atoms with Gasteiger partial charge in [0.05, 0.1) is 5.52 Å². The molecule has 3 rings (SSSR count). The number of nitrogens with one attached hydrogen (secondary N) is 2. The topological polar surface area (TPSA) is 44.9 Å². The van der Waals surface area contributed by atoms with Crippen LogP contribution in [0.4, 0.5) is 5.69 Å². The molecule has 1 heterocycles. The highest BCUT2D eigenvalue weighted by atomic mass is 16.1. The van der Waals surface area contributed by atoms with E-state index in [-0.39, 0.29) is 5.56 Å². The number of rotatable bonds is 3. The summed E-state index contributed by atoms with van der Waals surface area (Å²) in [5.74, 6) is 0. The Morgan fingerprint density at radius 3 is 2.48 bits per heavy atom. The smallest absolute Gasteiger partial charge is 0.253 e. The quantitative estimate of drug-likeness (QED) is 0.754. The van der Waals surface area contributed by atoms with Crippen molar-refractivity contribution in [3.63, 3.8) is 0 Å². The van der Waals surface area contributed by atoms with E-state index >= 15 is 0 Å². The van der Waals surface area contributed by atoms with E-state index in [0.29, 0.717) is 6.54 Å². The molecule has 3 heteroatoms. The first kappa shape index (κ1) is 15.3. The molecule has 2 N–H and O–H groups in total. The van der Waals surface area contributed by atoms with E-state index in [1.165, 1.54) is 16.7 Å². The zero-order chi connectivity index (χ0) is 16.6. The number of anilines is 1. The maximum absolute atomic E-state index is 12.4. The standard InChI is InChI=1S/C20H22N2O/c1-12-5-8-18(14(3)9-12)21-11-17-10-16-7-6-13(2)15(4)19(16)22-20(17)23/h5-10,21H,11H2,1-4H3,(H,22,23). The fourth-order valence-electron chi connectivity index (χ4n) is 2.90. The van der Waals surface area contributed by atoms with E-state index in [1.54, 1.807) is 0 Å². The normalized spacial score (nSPS) is 11.0. The third-order valence-corrected chi connectivity index (χ3v) is 4.48. The second-order valence-electron chi connectivity index (χ2n) is 6.27. The summed E-state index contributed by atoms with van der Waals surface area (Å²) in [5, 5.41) is 4.44. The van der Waals surface area contributed by atoms with Crippen molar-refractivity contribution in [1.29, 1.82) is 0 Å². The Hall–Kier alpha value is -2.55. The Balaban J connectivity index is 1.93. The van der Waals surface area contributed by atoms with Crippen LogP contribution >= 0.6 is 0 Å². The summed E-state index contributed by atoms with van der Waals surface area (Å²) in [7, 11) is 0. The first-order chi connectivity index (χ1) is 11.0. The fourth-order valence-corrected chi connectivity index (χ4v) is 2.90. The maximum atomic E-state index is 12.4. The van der Waals surface area contributed by atoms with Crippen molar-refractivity contribution in [3.8, 4) is 0 Å². The summed E-state index contributed by atoms with van der Waals surface area (Å²) in [6, 6.07) is 12.4. The molecule has 0 atom stereocenters. The van der Waals surface area contributed by atoms with Crippen LogP contribution in [-0.4, -0.2) is 4.98 Å². The second-order valence-corrected chi connectivity index (χ2v) is 6.27. The molecule has 3 aromatic rings. The first-order valence-electron chi connectivity index (χ1n) is 7.89. The van der Waals surface area contributed by atoms with Gasteiger partial charge in [-0.25, -0.2) is 0 Å². The number of pyridine rings is 1. The van der Waals surface area contributed by atoms with E-state index in [9.17, 15) is 4.79 Å². The minimum absolute atomic E-state index is 0.0246. The van der Waals surface area contributed by atoms with Crippen LogP contribution in [0, 0.1) is 27.7 Å². The van der Waals surface area contributed by atoms with Gasteiger partial charge < -0.3 is 10.3 Å². The van der Waals surface area contributed by atoms with E-state index in [2.05, 4.69) is 61.4 Å². The molecular weight excluding hydrogens is 284 g/mol. The van der Waals surface area contributed by atoms with Crippen molar-refractivity contribution in [2.45, 2.75) is 34.2 Å². The zero-order valence-corrected chi connectivity index (χ0v) is 14.1. The molecule has 3 nitrogen and oxygen atoms in total. The van der Waals surface area contributed by atoms with Gasteiger partial charge in [-0.1, -0.05) is 29.8 Å². The minimum atomic E-state index is -0.0246. The molecule has 0 spiro atoms. The summed E-state index contributed by atoms with van der Waals surface area (Å²) >= 11 is 0. The van der Waals surface area contributed by atoms with Gasteiger partial charge in [0.1, 0.15) is 0 Å². The zero-order valence-electron chi connectivity index (χ0n) is 14.1. The highest BCUT2D eigenvalue weighted by molar-refractivity contribution is 5.83. The molecular formula is C20H22N2O. The summed E-state index contributed by atoms with van der Waals surface area (Å²) in [6.07, 6.45) is 0. The highest BCUT2D eigenvalue weighted by Gasteiger charge is 2.07. The number of fused-ring (bicyclic) bond motifs is 1. The summed E-state index contributed by atoms with van der Waals surface area (Å²) < 4.78 is 0. The van der Waals surface area contributed by atoms with Gasteiger partial charge in [0.25, 0.3) is 5.56 Å². The predicted molar refractivity (Wildman–Crippen MR) is 97.3 cm³/mol. The van der Waals surface area contributed by atoms with Gasteiger partial charge in [-0.3, -0.25) is 4.79 Å². The average molecular weight is 306 g/mol. The van der Waals surface area contributed by atoms with Gasteiger partial charge >= 0.3 is 0 Å². The number of benzene rings is 2. The molecule has 118 valence electrons. The lowest BCUT2D eigenvalue weighted by Gasteiger charge is -2.11. The van der Waals surface area contributed by atoms with Crippen LogP contribution < -0.4 is 10.9 Å². The lowest BCUT2D eigenvalue weighted by Crippen LogP contribution is -2.16. The molecule has 0 bridgehead atoms. The van der Waals surface area contributed by atoms with E-state index in [1.807, 2.05) is 13.0 Å². The van der Waals surface area contributed by atoms with Gasteiger partial charge in [-0.15, -0.1) is 0 Å². The van der Waals surface area contributed by atoms with Crippen molar-refractivity contribution in [3.05, 3.63) is 74.6 Å². The van der Waals surface area contributed by atoms with Crippen molar-refractivity contribution < 1.29 is 0 Å². The molecule has 1 aromatic heterocycles. The van der Waals surface area contributed by atoms with Crippen LogP contribution in [0.1, 0.15) is 27.8 Å². The van der Waals surface area contributed by atoms with Crippen molar-refractivity contribution >= 4 is 16.6 Å². The Morgan fingerprint density at radius 1 is 0.957 bits per heavy atom. The van der Waals surface area contributed by atoms with Crippen LogP contribution in [-0.2, 0) is 6.54 Å². The Bertz CT molecular complexity index is 938. The average Bonchev–Trinajstić information content (AvgIpc) is 2.51. The van der Waals surface area contributed by atoms with Gasteiger partial charge in [-0.05, 0) is 61.9 Å². The molecule has 0 aliphatic rings. The van der Waals surface area contributed by atoms with E-state index < -0.39 is 0 Å². The Labute approximate surface area is 136 Å². The predicted octanol–water partition coefficient (Wildman–Crippen LogP) is 4.37. The largest absolute Gasteiger partial charge is 0.381 e. The Morgan fingerprint density at radius 2 is 1.74 bits per heavy atom. The first-order valence-corrected chi connectivity index (χ1v) is 7.89. The lowest BCUT2D eigenvalue weighted by atomic mass is 10.0. The third-order valence-electron chi connectivity index (χ3n) is 4.48. The van der Waals surface area contributed by atoms with E-state index in [4.69, 9.17) is 0 Å². The Kier molecular flexibility index (Phi) is 3.95. The molecule has 0 unspecified atom stereocenters. The highest BCUT2D eigenvalue weighted by Crippen LogP contribution is 2.20. The van der Waals surface area contributed by atoms with Crippen LogP contribution in [0.2, 0.25) is 0 Å². The van der Waals surface area contributed by atoms with Crippen molar-refractivity contribution in [2.75, 3.05) is 5.32 Å². The van der Waals surface area contributed by atoms with Crippen LogP contribution in [0.5, 0.6) is 0 Å². The van der Waals surface area contributed by atoms with Crippen LogP contribution in [0.25, 0.3) is 10.9 Å². The number of aromatic amines is 1. The summed E-state index contributed by atoms with van der Waals surface area (Å²) in [6.45, 7) is 8.77. The number of aromatic nitrogens is 1. The number of H-pyrrole nitrogens is 1. The fraction of sp³-hybridized carbons (Fsp3) is 0.250. The molecule has 2 aromatic carbocycles. The maximum Gasteiger partial charge on any atom is 0.253 e. The van der Waals surface area contributed by atoms with Gasteiger partial charge in [0.2, 0.25) is 0 Å². The van der Waals surface area contributed by atoms with E-state index in [0.717, 1.165) is 27.7 Å². The van der Waals surface area contributed by atoms with Crippen LogP contribution in [0.3, 0.4) is 0 Å². The molecule has 0 fully saturated rings. The SMILES string of the molecule is Cc1ccc(NCc2cc3ccc(C)c(C)c3[nH]c2=O)c(C)c1. The molecule has 0 saturated heterocycles. The van der Waals surface area contributed by atoms with Crippen LogP contribution in [0.15, 0.2) is 41.2 Å². The molecule has 0 amide bonds. The summed E-state index contributed by atoms with van der Waals surface area (Å²) in [5.41, 5.74) is 7.48. The molecule has 23 heavy (non-hydrogen) atoms. The van der Waals surface area contributed by atoms with Gasteiger partial charge in [0, 0.05) is 17.8 Å². The van der Waals surface area contributed by atoms with Crippen molar-refractivity contribution in [2.24, 2.45) is 0 Å². The molecule has 0 radical (unpaired) electrons. The summed E-state index contributed by atoms with van der Waals surface area (Å²) in [4.78, 5) is 15.4. The number of hydrogen-bond donors (Lipinski definition) is 2. The van der Waals surface area contributed by atoms with Gasteiger partial charge in [0.15, 0.2) is 0 Å². The molecule has 0 aliphatic carbocycles. The number of aryl methyl sites for hydroxylation is 4.